The van der Waals surface area contributed by atoms with Crippen LogP contribution >= 0.6 is 24.4 Å². The molecular weight excluding hydrogens is 236 g/mol. The summed E-state index contributed by atoms with van der Waals surface area (Å²) in [6.45, 7) is 1.35. The van der Waals surface area contributed by atoms with Crippen LogP contribution in [0.4, 0.5) is 0 Å². The minimum absolute atomic E-state index is 0. The summed E-state index contributed by atoms with van der Waals surface area (Å²) in [6, 6.07) is 0. The van der Waals surface area contributed by atoms with Gasteiger partial charge in [0.1, 0.15) is 0 Å². The van der Waals surface area contributed by atoms with Crippen LogP contribution < -0.4 is 28.3 Å². The second-order valence-corrected chi connectivity index (χ2v) is 2.78. The number of thiocarbonyl (C=S) groups is 2. The van der Waals surface area contributed by atoms with Gasteiger partial charge in [-0.15, -0.1) is 0 Å². The summed E-state index contributed by atoms with van der Waals surface area (Å²) in [7, 11) is 0. The van der Waals surface area contributed by atoms with Crippen LogP contribution in [0.1, 0.15) is 14.4 Å². The van der Waals surface area contributed by atoms with Crippen molar-refractivity contribution in [2.24, 2.45) is 27.9 Å². The highest BCUT2D eigenvalue weighted by Gasteiger charge is 1.87. The molecule has 15 heavy (non-hydrogen) atoms. The van der Waals surface area contributed by atoms with E-state index in [0.29, 0.717) is 0 Å². The molecule has 0 aliphatic rings. The van der Waals surface area contributed by atoms with Crippen LogP contribution in [0.5, 0.6) is 0 Å². The average molecular weight is 252 g/mol. The molecule has 0 aliphatic heterocycles. The highest BCUT2D eigenvalue weighted by molar-refractivity contribution is 7.80. The molecule has 0 spiro atoms. The first-order valence-electron chi connectivity index (χ1n) is 3.21. The van der Waals surface area contributed by atoms with Crippen LogP contribution in [0.3, 0.4) is 0 Å². The summed E-state index contributed by atoms with van der Waals surface area (Å²) in [5.74, 6) is -0.333. The fourth-order valence-corrected chi connectivity index (χ4v) is 0.550. The van der Waals surface area contributed by atoms with E-state index in [-0.39, 0.29) is 29.5 Å². The number of carbonyl (C=O) groups is 1. The molecule has 0 aliphatic carbocycles. The molecule has 9 N–H and O–H groups in total. The predicted octanol–water partition coefficient (Wildman–Crippen LogP) is -1.49. The number of guanidine groups is 1. The zero-order valence-electron chi connectivity index (χ0n) is 7.48. The monoisotopic (exact) mass is 252 g/mol. The molecule has 0 atom stereocenters. The number of hydrogen-bond donors (Lipinski definition) is 5. The molecule has 0 unspecified atom stereocenters. The topological polar surface area (TPSA) is 146 Å². The smallest absolute Gasteiger partial charge is 0.222 e. The minimum atomic E-state index is -0.229. The number of hydrogen-bond acceptors (Lipinski definition) is 3. The van der Waals surface area contributed by atoms with Gasteiger partial charge in [0.25, 0.3) is 0 Å². The Kier molecular flexibility index (Phi) is 13.5. The van der Waals surface area contributed by atoms with E-state index in [2.05, 4.69) is 34.7 Å². The van der Waals surface area contributed by atoms with E-state index in [1.165, 1.54) is 6.92 Å². The first kappa shape index (κ1) is 19.1. The van der Waals surface area contributed by atoms with Gasteiger partial charge in [0.05, 0.1) is 0 Å². The number of amides is 1. The summed E-state index contributed by atoms with van der Waals surface area (Å²) in [4.78, 5) is 13.2. The van der Waals surface area contributed by atoms with Gasteiger partial charge in [-0.25, -0.2) is 0 Å². The van der Waals surface area contributed by atoms with Gasteiger partial charge >= 0.3 is 0 Å². The van der Waals surface area contributed by atoms with E-state index >= 15 is 0 Å². The summed E-state index contributed by atoms with van der Waals surface area (Å²) in [5.41, 5.74) is 19.5. The van der Waals surface area contributed by atoms with Gasteiger partial charge in [-0.3, -0.25) is 4.79 Å². The molecule has 0 fully saturated rings. The minimum Gasteiger partial charge on any atom is -0.376 e. The highest BCUT2D eigenvalue weighted by atomic mass is 32.1. The van der Waals surface area contributed by atoms with Gasteiger partial charge in [0.2, 0.25) is 5.91 Å². The largest absolute Gasteiger partial charge is 0.376 e. The Bertz CT molecular complexity index is 248. The molecule has 0 rings (SSSR count). The van der Waals surface area contributed by atoms with E-state index < -0.39 is 0 Å². The van der Waals surface area contributed by atoms with Gasteiger partial charge in [0, 0.05) is 6.92 Å². The maximum Gasteiger partial charge on any atom is 0.222 e. The SMILES string of the molecule is C.CC(=O)NC(N)=S.NC(=S)N=C(N)N. The summed E-state index contributed by atoms with van der Waals surface area (Å²) < 4.78 is 0. The lowest BCUT2D eigenvalue weighted by Crippen LogP contribution is -2.32. The van der Waals surface area contributed by atoms with Crippen LogP contribution in [0, 0.1) is 0 Å². The van der Waals surface area contributed by atoms with Crippen molar-refractivity contribution in [3.63, 3.8) is 0 Å². The summed E-state index contributed by atoms with van der Waals surface area (Å²) in [6.07, 6.45) is 0. The number of carbonyl (C=O) groups excluding carboxylic acids is 1. The van der Waals surface area contributed by atoms with Gasteiger partial charge in [-0.1, -0.05) is 7.43 Å². The van der Waals surface area contributed by atoms with Gasteiger partial charge < -0.3 is 28.3 Å². The van der Waals surface area contributed by atoms with Crippen molar-refractivity contribution in [3.05, 3.63) is 0 Å². The second-order valence-electron chi connectivity index (χ2n) is 1.92. The van der Waals surface area contributed by atoms with E-state index in [4.69, 9.17) is 22.9 Å². The molecular formula is C6H16N6OS2. The van der Waals surface area contributed by atoms with E-state index in [1.807, 2.05) is 0 Å². The first-order chi connectivity index (χ1) is 6.25. The molecule has 0 radical (unpaired) electrons. The lowest BCUT2D eigenvalue weighted by Gasteiger charge is -1.92. The second kappa shape index (κ2) is 10.6. The van der Waals surface area contributed by atoms with Crippen LogP contribution in [0.15, 0.2) is 4.99 Å². The van der Waals surface area contributed by atoms with Crippen molar-refractivity contribution >= 4 is 46.5 Å². The Morgan fingerprint density at radius 3 is 1.60 bits per heavy atom. The zero-order chi connectivity index (χ0) is 11.7. The molecule has 0 bridgehead atoms. The average Bonchev–Trinajstić information content (AvgIpc) is 1.79. The van der Waals surface area contributed by atoms with Crippen LogP contribution in [-0.4, -0.2) is 22.1 Å². The summed E-state index contributed by atoms with van der Waals surface area (Å²) >= 11 is 8.62. The molecule has 0 saturated carbocycles. The first-order valence-corrected chi connectivity index (χ1v) is 4.03. The van der Waals surface area contributed by atoms with E-state index in [0.717, 1.165) is 0 Å². The van der Waals surface area contributed by atoms with Crippen molar-refractivity contribution in [3.8, 4) is 0 Å². The zero-order valence-corrected chi connectivity index (χ0v) is 9.11. The highest BCUT2D eigenvalue weighted by Crippen LogP contribution is 1.62. The number of aliphatic imine (C=N–C) groups is 1. The Balaban J connectivity index is -0.000000180. The van der Waals surface area contributed by atoms with Crippen molar-refractivity contribution in [1.29, 1.82) is 0 Å². The molecule has 0 aromatic carbocycles. The Labute approximate surface area is 99.3 Å². The van der Waals surface area contributed by atoms with Gasteiger partial charge in [-0.05, 0) is 24.4 Å². The van der Waals surface area contributed by atoms with Crippen molar-refractivity contribution in [2.45, 2.75) is 14.4 Å². The third-order valence-electron chi connectivity index (χ3n) is 0.539. The predicted molar refractivity (Wildman–Crippen MR) is 69.9 cm³/mol. The van der Waals surface area contributed by atoms with E-state index in [1.54, 1.807) is 0 Å². The number of nitrogens with two attached hydrogens (primary N) is 4. The van der Waals surface area contributed by atoms with Gasteiger partial charge in [0.15, 0.2) is 16.2 Å². The molecule has 0 heterocycles. The Hall–Kier alpha value is -1.48. The fourth-order valence-electron chi connectivity index (χ4n) is 0.301. The maximum absolute atomic E-state index is 9.98. The number of nitrogens with zero attached hydrogens (tertiary/aromatic N) is 1. The summed E-state index contributed by atoms with van der Waals surface area (Å²) in [5, 5.41) is 2.16. The van der Waals surface area contributed by atoms with Crippen LogP contribution in [-0.2, 0) is 4.79 Å². The van der Waals surface area contributed by atoms with Gasteiger partial charge in [-0.2, -0.15) is 4.99 Å². The molecule has 9 heteroatoms. The lowest BCUT2D eigenvalue weighted by molar-refractivity contribution is -0.117. The third kappa shape index (κ3) is 32.6. The normalized spacial score (nSPS) is 7.00. The van der Waals surface area contributed by atoms with E-state index in [9.17, 15) is 4.79 Å². The molecule has 0 aromatic heterocycles. The maximum atomic E-state index is 9.98. The van der Waals surface area contributed by atoms with Crippen LogP contribution in [0.2, 0.25) is 0 Å². The molecule has 88 valence electrons. The fraction of sp³-hybridized carbons (Fsp3) is 0.333. The Morgan fingerprint density at radius 2 is 1.60 bits per heavy atom. The number of rotatable bonds is 0. The standard InChI is InChI=1S/C3H6N2OS.C2H6N4S.CH4/c1-2(6)5-3(4)7;3-1(4)6-2(5)7;/h1H3,(H3,4,5,6,7);(H6,3,4,5,6,7);1H4. The lowest BCUT2D eigenvalue weighted by atomic mass is 10.7. The van der Waals surface area contributed by atoms with Crippen molar-refractivity contribution in [2.75, 3.05) is 0 Å². The van der Waals surface area contributed by atoms with Crippen molar-refractivity contribution < 1.29 is 4.79 Å². The third-order valence-corrected chi connectivity index (χ3v) is 0.732. The van der Waals surface area contributed by atoms with Crippen LogP contribution in [0.25, 0.3) is 0 Å². The molecule has 1 amide bonds. The number of nitrogens with one attached hydrogen (secondary N) is 1. The molecule has 0 aromatic rings. The Morgan fingerprint density at radius 1 is 1.20 bits per heavy atom. The van der Waals surface area contributed by atoms with Crippen molar-refractivity contribution in [1.82, 2.24) is 5.32 Å². The molecule has 7 nitrogen and oxygen atoms in total. The quantitative estimate of drug-likeness (QED) is 0.200. The molecule has 0 saturated heterocycles.